The number of ether oxygens (including phenoxy) is 2. The monoisotopic (exact) mass is 540 g/mol. The normalized spacial score (nSPS) is 54.9. The molecular formula is C30H52O8. The van der Waals surface area contributed by atoms with Crippen molar-refractivity contribution in [1.29, 1.82) is 0 Å². The molecule has 5 aliphatic rings. The first-order valence-electron chi connectivity index (χ1n) is 15.0. The molecule has 38 heavy (non-hydrogen) atoms. The van der Waals surface area contributed by atoms with Crippen LogP contribution in [-0.2, 0) is 9.47 Å². The van der Waals surface area contributed by atoms with Gasteiger partial charge >= 0.3 is 0 Å². The molecule has 1 saturated heterocycles. The second kappa shape index (κ2) is 9.62. The summed E-state index contributed by atoms with van der Waals surface area (Å²) in [4.78, 5) is 0. The molecule has 0 spiro atoms. The van der Waals surface area contributed by atoms with Gasteiger partial charge in [-0.2, -0.15) is 0 Å². The minimum Gasteiger partial charge on any atom is -0.396 e. The Bertz CT molecular complexity index is 882. The van der Waals surface area contributed by atoms with Crippen molar-refractivity contribution in [3.63, 3.8) is 0 Å². The van der Waals surface area contributed by atoms with Gasteiger partial charge in [-0.3, -0.25) is 0 Å². The first kappa shape index (κ1) is 29.2. The Hall–Kier alpha value is -0.320. The average Bonchev–Trinajstić information content (AvgIpc) is 3.26. The minimum absolute atomic E-state index is 0.0994. The molecular weight excluding hydrogens is 488 g/mol. The van der Waals surface area contributed by atoms with Gasteiger partial charge in [-0.05, 0) is 80.5 Å². The zero-order valence-corrected chi connectivity index (χ0v) is 24.1. The molecule has 4 aliphatic carbocycles. The third-order valence-electron chi connectivity index (χ3n) is 12.1. The molecule has 0 aromatic heterocycles. The summed E-state index contributed by atoms with van der Waals surface area (Å²) in [6, 6.07) is 0. The van der Waals surface area contributed by atoms with Crippen molar-refractivity contribution in [2.45, 2.75) is 135 Å². The van der Waals surface area contributed by atoms with E-state index in [0.717, 1.165) is 25.7 Å². The number of rotatable bonds is 6. The smallest absolute Gasteiger partial charge is 0.163 e. The third kappa shape index (κ3) is 3.99. The molecule has 8 nitrogen and oxygen atoms in total. The van der Waals surface area contributed by atoms with Crippen LogP contribution in [0.2, 0.25) is 0 Å². The third-order valence-corrected chi connectivity index (χ3v) is 12.1. The van der Waals surface area contributed by atoms with E-state index < -0.39 is 59.2 Å². The van der Waals surface area contributed by atoms with Gasteiger partial charge < -0.3 is 40.1 Å². The molecule has 15 atom stereocenters. The van der Waals surface area contributed by atoms with Gasteiger partial charge in [0.15, 0.2) is 5.79 Å². The standard InChI is InChI=1S/C30H52O8/c1-15(14-31)8-7-9-16(2)19-23-24(38-27(3,4)37-23)25-29(19,6)13-11-18-28(5)12-10-17(32)21(33)20(28)22(34)26(35)30(18,25)36/h15-26,31-36H,7-14H2,1-6H3/t15?,16-,17+,18?,19+,20-,21+,22-,23-,24-,25-,26-,28-,29-,30+/m1/s1. The van der Waals surface area contributed by atoms with Crippen molar-refractivity contribution < 1.29 is 40.1 Å². The molecule has 0 aromatic carbocycles. The predicted molar refractivity (Wildman–Crippen MR) is 141 cm³/mol. The van der Waals surface area contributed by atoms with Crippen LogP contribution in [0, 0.1) is 46.3 Å². The SMILES string of the molecule is CC(CO)CCC[C@@H](C)[C@H]1[C@H]2OC(C)(C)O[C@H]2[C@@H]2[C@]1(C)CCC1[C@@]2(O)[C@H](O)[C@H](O)[C@H]2[C@@H](O)[C@@H](O)CC[C@]12C. The predicted octanol–water partition coefficient (Wildman–Crippen LogP) is 2.21. The largest absolute Gasteiger partial charge is 0.396 e. The van der Waals surface area contributed by atoms with Gasteiger partial charge in [0.05, 0.1) is 30.5 Å². The second-order valence-electron chi connectivity index (χ2n) is 14.8. The van der Waals surface area contributed by atoms with Gasteiger partial charge in [0.1, 0.15) is 11.7 Å². The molecule has 0 aromatic rings. The van der Waals surface area contributed by atoms with Crippen LogP contribution in [0.1, 0.15) is 86.5 Å². The molecule has 8 heteroatoms. The van der Waals surface area contributed by atoms with E-state index in [9.17, 15) is 30.6 Å². The van der Waals surface area contributed by atoms with Crippen molar-refractivity contribution in [3.8, 4) is 0 Å². The summed E-state index contributed by atoms with van der Waals surface area (Å²) in [5.41, 5.74) is -2.63. The highest BCUT2D eigenvalue weighted by Crippen LogP contribution is 2.71. The molecule has 0 amide bonds. The van der Waals surface area contributed by atoms with E-state index in [0.29, 0.717) is 19.3 Å². The minimum atomic E-state index is -1.62. The molecule has 5 rings (SSSR count). The number of aliphatic hydroxyl groups is 6. The Balaban J connectivity index is 1.53. The summed E-state index contributed by atoms with van der Waals surface area (Å²) in [5.74, 6) is -1.70. The first-order valence-corrected chi connectivity index (χ1v) is 15.0. The van der Waals surface area contributed by atoms with Crippen LogP contribution < -0.4 is 0 Å². The zero-order valence-electron chi connectivity index (χ0n) is 24.1. The zero-order chi connectivity index (χ0) is 28.0. The molecule has 0 radical (unpaired) electrons. The lowest BCUT2D eigenvalue weighted by atomic mass is 9.40. The van der Waals surface area contributed by atoms with E-state index in [2.05, 4.69) is 20.8 Å². The highest BCUT2D eigenvalue weighted by molar-refractivity contribution is 5.26. The van der Waals surface area contributed by atoms with Crippen LogP contribution in [0.4, 0.5) is 0 Å². The van der Waals surface area contributed by atoms with E-state index in [-0.39, 0.29) is 41.8 Å². The van der Waals surface area contributed by atoms with Crippen LogP contribution in [0.5, 0.6) is 0 Å². The van der Waals surface area contributed by atoms with E-state index in [4.69, 9.17) is 9.47 Å². The van der Waals surface area contributed by atoms with E-state index >= 15 is 0 Å². The highest BCUT2D eigenvalue weighted by atomic mass is 16.8. The van der Waals surface area contributed by atoms with Gasteiger partial charge in [0, 0.05) is 18.4 Å². The number of fused-ring (bicyclic) bond motifs is 7. The van der Waals surface area contributed by atoms with Crippen molar-refractivity contribution in [1.82, 2.24) is 0 Å². The Morgan fingerprint density at radius 1 is 0.842 bits per heavy atom. The maximum atomic E-state index is 12.8. The van der Waals surface area contributed by atoms with Gasteiger partial charge in [-0.1, -0.05) is 40.5 Å². The summed E-state index contributed by atoms with van der Waals surface area (Å²) in [6.45, 7) is 12.5. The second-order valence-corrected chi connectivity index (χ2v) is 14.8. The fourth-order valence-corrected chi connectivity index (χ4v) is 10.5. The summed E-state index contributed by atoms with van der Waals surface area (Å²) >= 11 is 0. The summed E-state index contributed by atoms with van der Waals surface area (Å²) < 4.78 is 13.1. The number of hydrogen-bond acceptors (Lipinski definition) is 8. The lowest BCUT2D eigenvalue weighted by molar-refractivity contribution is -0.327. The first-order chi connectivity index (χ1) is 17.6. The molecule has 6 N–H and O–H groups in total. The maximum Gasteiger partial charge on any atom is 0.163 e. The highest BCUT2D eigenvalue weighted by Gasteiger charge is 2.78. The maximum absolute atomic E-state index is 12.8. The van der Waals surface area contributed by atoms with Crippen molar-refractivity contribution in [2.75, 3.05) is 6.61 Å². The van der Waals surface area contributed by atoms with Crippen LogP contribution >= 0.6 is 0 Å². The molecule has 5 fully saturated rings. The van der Waals surface area contributed by atoms with Crippen LogP contribution in [0.3, 0.4) is 0 Å². The van der Waals surface area contributed by atoms with Crippen molar-refractivity contribution in [2.24, 2.45) is 46.3 Å². The van der Waals surface area contributed by atoms with Crippen LogP contribution in [0.25, 0.3) is 0 Å². The Morgan fingerprint density at radius 2 is 1.47 bits per heavy atom. The van der Waals surface area contributed by atoms with Crippen LogP contribution in [0.15, 0.2) is 0 Å². The fraction of sp³-hybridized carbons (Fsp3) is 1.00. The lowest BCUT2D eigenvalue weighted by Crippen LogP contribution is -2.77. The quantitative estimate of drug-likeness (QED) is 0.301. The number of aliphatic hydroxyl groups excluding tert-OH is 5. The molecule has 1 heterocycles. The Kier molecular flexibility index (Phi) is 7.39. The summed E-state index contributed by atoms with van der Waals surface area (Å²) in [5, 5.41) is 66.9. The van der Waals surface area contributed by atoms with Crippen LogP contribution in [-0.4, -0.2) is 85.3 Å². The topological polar surface area (TPSA) is 140 Å². The van der Waals surface area contributed by atoms with Gasteiger partial charge in [-0.25, -0.2) is 0 Å². The molecule has 4 saturated carbocycles. The average molecular weight is 541 g/mol. The van der Waals surface area contributed by atoms with E-state index in [1.54, 1.807) is 0 Å². The molecule has 2 unspecified atom stereocenters. The van der Waals surface area contributed by atoms with Gasteiger partial charge in [-0.15, -0.1) is 0 Å². The van der Waals surface area contributed by atoms with Gasteiger partial charge in [0.25, 0.3) is 0 Å². The summed E-state index contributed by atoms with van der Waals surface area (Å²) in [7, 11) is 0. The van der Waals surface area contributed by atoms with Crippen molar-refractivity contribution >= 4 is 0 Å². The Labute approximate surface area is 227 Å². The molecule has 220 valence electrons. The van der Waals surface area contributed by atoms with Gasteiger partial charge in [0.2, 0.25) is 0 Å². The van der Waals surface area contributed by atoms with Crippen molar-refractivity contribution in [3.05, 3.63) is 0 Å². The van der Waals surface area contributed by atoms with E-state index in [1.807, 2.05) is 20.8 Å². The molecule has 0 bridgehead atoms. The summed E-state index contributed by atoms with van der Waals surface area (Å²) in [6.07, 6.45) is -0.203. The number of hydrogen-bond donors (Lipinski definition) is 6. The molecule has 1 aliphatic heterocycles. The lowest BCUT2D eigenvalue weighted by Gasteiger charge is -2.68. The fourth-order valence-electron chi connectivity index (χ4n) is 10.5. The Morgan fingerprint density at radius 3 is 2.13 bits per heavy atom. The van der Waals surface area contributed by atoms with E-state index in [1.165, 1.54) is 0 Å².